The molecule has 0 spiro atoms. The molecule has 0 amide bonds. The van der Waals surface area contributed by atoms with Gasteiger partial charge in [-0.15, -0.1) is 0 Å². The van der Waals surface area contributed by atoms with Crippen LogP contribution in [-0.4, -0.2) is 25.9 Å². The molecule has 2 rings (SSSR count). The summed E-state index contributed by atoms with van der Waals surface area (Å²) < 4.78 is 10.7. The predicted molar refractivity (Wildman–Crippen MR) is 70.1 cm³/mol. The molecule has 2 heteroatoms. The highest BCUT2D eigenvalue weighted by molar-refractivity contribution is 4.72. The lowest BCUT2D eigenvalue weighted by Gasteiger charge is -2.28. The molecule has 0 N–H and O–H groups in total. The molecule has 1 saturated heterocycles. The minimum Gasteiger partial charge on any atom is -0.379 e. The standard InChI is InChI=1S/C15H28O2/c1-2-4-13-6-8-14(9-7-13)5-3-10-16-11-15-12-17-15/h13-15H,2-12H2,1H3. The van der Waals surface area contributed by atoms with Crippen molar-refractivity contribution < 1.29 is 9.47 Å². The van der Waals surface area contributed by atoms with Gasteiger partial charge < -0.3 is 9.47 Å². The number of hydrogen-bond donors (Lipinski definition) is 0. The molecule has 1 atom stereocenters. The van der Waals surface area contributed by atoms with E-state index < -0.39 is 0 Å². The third-order valence-electron chi connectivity index (χ3n) is 4.27. The molecule has 100 valence electrons. The first kappa shape index (κ1) is 13.4. The Hall–Kier alpha value is -0.0800. The average molecular weight is 240 g/mol. The smallest absolute Gasteiger partial charge is 0.104 e. The van der Waals surface area contributed by atoms with Gasteiger partial charge in [-0.2, -0.15) is 0 Å². The van der Waals surface area contributed by atoms with Gasteiger partial charge in [0, 0.05) is 6.61 Å². The lowest BCUT2D eigenvalue weighted by molar-refractivity contribution is 0.107. The van der Waals surface area contributed by atoms with Crippen LogP contribution in [0.15, 0.2) is 0 Å². The Kier molecular flexibility index (Phi) is 5.79. The summed E-state index contributed by atoms with van der Waals surface area (Å²) in [5, 5.41) is 0. The summed E-state index contributed by atoms with van der Waals surface area (Å²) >= 11 is 0. The van der Waals surface area contributed by atoms with Crippen molar-refractivity contribution in [3.05, 3.63) is 0 Å². The van der Waals surface area contributed by atoms with Crippen LogP contribution in [0.1, 0.15) is 58.3 Å². The molecule has 2 fully saturated rings. The second-order valence-corrected chi connectivity index (χ2v) is 5.85. The van der Waals surface area contributed by atoms with Crippen LogP contribution in [0.2, 0.25) is 0 Å². The van der Waals surface area contributed by atoms with Crippen molar-refractivity contribution in [2.24, 2.45) is 11.8 Å². The van der Waals surface area contributed by atoms with Crippen molar-refractivity contribution in [2.75, 3.05) is 19.8 Å². The monoisotopic (exact) mass is 240 g/mol. The number of ether oxygens (including phenoxy) is 2. The van der Waals surface area contributed by atoms with Crippen molar-refractivity contribution in [3.8, 4) is 0 Å². The van der Waals surface area contributed by atoms with E-state index >= 15 is 0 Å². The zero-order valence-electron chi connectivity index (χ0n) is 11.3. The van der Waals surface area contributed by atoms with E-state index in [1.165, 1.54) is 51.4 Å². The fourth-order valence-corrected chi connectivity index (χ4v) is 3.07. The van der Waals surface area contributed by atoms with Gasteiger partial charge in [0.25, 0.3) is 0 Å². The molecule has 1 aliphatic carbocycles. The first-order chi connectivity index (χ1) is 8.38. The molecular weight excluding hydrogens is 212 g/mol. The van der Waals surface area contributed by atoms with Crippen LogP contribution in [0.25, 0.3) is 0 Å². The topological polar surface area (TPSA) is 21.8 Å². The first-order valence-corrected chi connectivity index (χ1v) is 7.57. The highest BCUT2D eigenvalue weighted by Crippen LogP contribution is 2.33. The van der Waals surface area contributed by atoms with Crippen molar-refractivity contribution in [1.29, 1.82) is 0 Å². The minimum atomic E-state index is 0.430. The molecule has 0 aromatic heterocycles. The lowest BCUT2D eigenvalue weighted by atomic mass is 9.78. The number of rotatable bonds is 8. The van der Waals surface area contributed by atoms with Crippen LogP contribution >= 0.6 is 0 Å². The summed E-state index contributed by atoms with van der Waals surface area (Å²) in [6.45, 7) is 4.99. The summed E-state index contributed by atoms with van der Waals surface area (Å²) in [5.74, 6) is 2.03. The van der Waals surface area contributed by atoms with Crippen LogP contribution in [0, 0.1) is 11.8 Å². The first-order valence-electron chi connectivity index (χ1n) is 7.57. The molecule has 0 radical (unpaired) electrons. The zero-order chi connectivity index (χ0) is 11.9. The van der Waals surface area contributed by atoms with E-state index in [4.69, 9.17) is 9.47 Å². The summed E-state index contributed by atoms with van der Waals surface area (Å²) in [6, 6.07) is 0. The van der Waals surface area contributed by atoms with Gasteiger partial charge in [0.15, 0.2) is 0 Å². The van der Waals surface area contributed by atoms with Crippen molar-refractivity contribution >= 4 is 0 Å². The van der Waals surface area contributed by atoms with E-state index in [-0.39, 0.29) is 0 Å². The van der Waals surface area contributed by atoms with Crippen molar-refractivity contribution in [1.82, 2.24) is 0 Å². The molecule has 0 aromatic rings. The second kappa shape index (κ2) is 7.38. The quantitative estimate of drug-likeness (QED) is 0.475. The molecule has 17 heavy (non-hydrogen) atoms. The van der Waals surface area contributed by atoms with Crippen LogP contribution in [-0.2, 0) is 9.47 Å². The maximum Gasteiger partial charge on any atom is 0.104 e. The van der Waals surface area contributed by atoms with E-state index in [1.54, 1.807) is 0 Å². The zero-order valence-corrected chi connectivity index (χ0v) is 11.3. The summed E-state index contributed by atoms with van der Waals surface area (Å²) in [5.41, 5.74) is 0. The molecule has 1 aliphatic heterocycles. The van der Waals surface area contributed by atoms with Gasteiger partial charge in [0.05, 0.1) is 13.2 Å². The predicted octanol–water partition coefficient (Wildman–Crippen LogP) is 3.79. The fourth-order valence-electron chi connectivity index (χ4n) is 3.07. The molecule has 1 unspecified atom stereocenters. The number of epoxide rings is 1. The molecule has 2 aliphatic rings. The average Bonchev–Trinajstić information content (AvgIpc) is 3.15. The Bertz CT molecular complexity index is 193. The fraction of sp³-hybridized carbons (Fsp3) is 1.00. The van der Waals surface area contributed by atoms with E-state index in [0.717, 1.165) is 31.7 Å². The van der Waals surface area contributed by atoms with Gasteiger partial charge in [-0.3, -0.25) is 0 Å². The Morgan fingerprint density at radius 3 is 2.29 bits per heavy atom. The third kappa shape index (κ3) is 5.39. The lowest BCUT2D eigenvalue weighted by Crippen LogP contribution is -2.15. The highest BCUT2D eigenvalue weighted by atomic mass is 16.6. The maximum atomic E-state index is 5.58. The van der Waals surface area contributed by atoms with Crippen LogP contribution in [0.5, 0.6) is 0 Å². The Morgan fingerprint density at radius 2 is 1.71 bits per heavy atom. The molecule has 2 nitrogen and oxygen atoms in total. The van der Waals surface area contributed by atoms with Gasteiger partial charge in [-0.25, -0.2) is 0 Å². The van der Waals surface area contributed by atoms with Crippen molar-refractivity contribution in [2.45, 2.75) is 64.4 Å². The van der Waals surface area contributed by atoms with E-state index in [1.807, 2.05) is 0 Å². The molecular formula is C15H28O2. The summed E-state index contributed by atoms with van der Waals surface area (Å²) in [4.78, 5) is 0. The highest BCUT2D eigenvalue weighted by Gasteiger charge is 2.22. The second-order valence-electron chi connectivity index (χ2n) is 5.85. The Morgan fingerprint density at radius 1 is 1.06 bits per heavy atom. The van der Waals surface area contributed by atoms with Gasteiger partial charge >= 0.3 is 0 Å². The summed E-state index contributed by atoms with van der Waals surface area (Å²) in [6.07, 6.45) is 11.8. The SMILES string of the molecule is CCCC1CCC(CCCOCC2CO2)CC1. The number of hydrogen-bond acceptors (Lipinski definition) is 2. The molecule has 1 saturated carbocycles. The van der Waals surface area contributed by atoms with E-state index in [0.29, 0.717) is 6.10 Å². The Balaban J connectivity index is 1.43. The molecule has 0 aromatic carbocycles. The molecule has 0 bridgehead atoms. The third-order valence-corrected chi connectivity index (χ3v) is 4.27. The van der Waals surface area contributed by atoms with Crippen molar-refractivity contribution in [3.63, 3.8) is 0 Å². The van der Waals surface area contributed by atoms with Gasteiger partial charge in [0.1, 0.15) is 6.10 Å². The largest absolute Gasteiger partial charge is 0.379 e. The van der Waals surface area contributed by atoms with Crippen LogP contribution < -0.4 is 0 Å². The maximum absolute atomic E-state index is 5.58. The summed E-state index contributed by atoms with van der Waals surface area (Å²) in [7, 11) is 0. The van der Waals surface area contributed by atoms with Crippen LogP contribution in [0.4, 0.5) is 0 Å². The van der Waals surface area contributed by atoms with E-state index in [2.05, 4.69) is 6.92 Å². The normalized spacial score (nSPS) is 32.6. The van der Waals surface area contributed by atoms with Gasteiger partial charge in [0.2, 0.25) is 0 Å². The Labute approximate surface area is 106 Å². The van der Waals surface area contributed by atoms with Crippen LogP contribution in [0.3, 0.4) is 0 Å². The van der Waals surface area contributed by atoms with Gasteiger partial charge in [-0.05, 0) is 24.7 Å². The minimum absolute atomic E-state index is 0.430. The van der Waals surface area contributed by atoms with Gasteiger partial charge in [-0.1, -0.05) is 45.4 Å². The molecule has 1 heterocycles. The van der Waals surface area contributed by atoms with E-state index in [9.17, 15) is 0 Å².